The van der Waals surface area contributed by atoms with Crippen molar-refractivity contribution in [2.24, 2.45) is 52.3 Å². The molecule has 0 bridgehead atoms. The minimum Gasteiger partial charge on any atom is -0.348 e. The Kier molecular flexibility index (Phi) is 6.08. The van der Waals surface area contributed by atoms with Crippen LogP contribution in [0.5, 0.6) is 0 Å². The first-order valence-corrected chi connectivity index (χ1v) is 14.1. The first-order valence-electron chi connectivity index (χ1n) is 14.1. The van der Waals surface area contributed by atoms with Crippen molar-refractivity contribution in [3.05, 3.63) is 0 Å². The highest BCUT2D eigenvalue weighted by Gasteiger charge is 2.62. The van der Waals surface area contributed by atoms with Gasteiger partial charge in [-0.25, -0.2) is 0 Å². The Bertz CT molecular complexity index is 637. The molecule has 4 aliphatic carbocycles. The van der Waals surface area contributed by atoms with Gasteiger partial charge in [0.1, 0.15) is 0 Å². The first kappa shape index (κ1) is 22.7. The molecule has 4 saturated carbocycles. The molecule has 5 fully saturated rings. The van der Waals surface area contributed by atoms with Crippen LogP contribution in [0.3, 0.4) is 0 Å². The molecule has 8 atom stereocenters. The second kappa shape index (κ2) is 8.30. The maximum Gasteiger partial charge on any atom is 0.168 e. The maximum atomic E-state index is 6.16. The SMILES string of the molecule is CC(C)CCC[C@@H](C)[C@@H]1CCC2C3CC[C@@H]4CC5(CC[C@]4(C)C3CC[C@@]21C)OCCO5. The average molecular weight is 431 g/mol. The van der Waals surface area contributed by atoms with E-state index < -0.39 is 0 Å². The lowest BCUT2D eigenvalue weighted by Crippen LogP contribution is -2.56. The number of fused-ring (bicyclic) bond motifs is 5. The molecule has 2 heteroatoms. The molecule has 5 rings (SSSR count). The largest absolute Gasteiger partial charge is 0.348 e. The van der Waals surface area contributed by atoms with Gasteiger partial charge in [0.25, 0.3) is 0 Å². The van der Waals surface area contributed by atoms with Gasteiger partial charge in [0.15, 0.2) is 5.79 Å². The monoisotopic (exact) mass is 430 g/mol. The van der Waals surface area contributed by atoms with Gasteiger partial charge >= 0.3 is 0 Å². The highest BCUT2D eigenvalue weighted by molar-refractivity contribution is 5.10. The van der Waals surface area contributed by atoms with Crippen LogP contribution in [0.4, 0.5) is 0 Å². The number of hydrogen-bond donors (Lipinski definition) is 0. The summed E-state index contributed by atoms with van der Waals surface area (Å²) in [7, 11) is 0. The average Bonchev–Trinajstić information content (AvgIpc) is 3.32. The van der Waals surface area contributed by atoms with Crippen LogP contribution in [0.1, 0.15) is 112 Å². The number of rotatable bonds is 5. The zero-order valence-electron chi connectivity index (χ0n) is 21.3. The van der Waals surface area contributed by atoms with Gasteiger partial charge in [-0.1, -0.05) is 53.9 Å². The molecule has 0 aromatic carbocycles. The summed E-state index contributed by atoms with van der Waals surface area (Å²) in [5.41, 5.74) is 1.15. The molecule has 1 heterocycles. The zero-order chi connectivity index (χ0) is 21.9. The summed E-state index contributed by atoms with van der Waals surface area (Å²) in [4.78, 5) is 0. The smallest absolute Gasteiger partial charge is 0.168 e. The Morgan fingerprint density at radius 1 is 0.774 bits per heavy atom. The first-order chi connectivity index (χ1) is 14.8. The fourth-order valence-electron chi connectivity index (χ4n) is 9.98. The van der Waals surface area contributed by atoms with Gasteiger partial charge < -0.3 is 9.47 Å². The third-order valence-electron chi connectivity index (χ3n) is 11.7. The number of ether oxygens (including phenoxy) is 2. The van der Waals surface area contributed by atoms with Gasteiger partial charge in [-0.15, -0.1) is 0 Å². The van der Waals surface area contributed by atoms with Crippen molar-refractivity contribution >= 4 is 0 Å². The lowest BCUT2D eigenvalue weighted by molar-refractivity contribution is -0.229. The molecular formula is C29H50O2. The van der Waals surface area contributed by atoms with Crippen LogP contribution in [0.2, 0.25) is 0 Å². The molecular weight excluding hydrogens is 380 g/mol. The highest BCUT2D eigenvalue weighted by Crippen LogP contribution is 2.69. The van der Waals surface area contributed by atoms with Crippen LogP contribution in [0.15, 0.2) is 0 Å². The Labute approximate surface area is 192 Å². The third kappa shape index (κ3) is 3.74. The molecule has 31 heavy (non-hydrogen) atoms. The lowest BCUT2D eigenvalue weighted by Gasteiger charge is -2.62. The van der Waals surface area contributed by atoms with E-state index in [1.165, 1.54) is 70.6 Å². The van der Waals surface area contributed by atoms with E-state index in [0.29, 0.717) is 10.8 Å². The molecule has 0 amide bonds. The molecule has 1 saturated heterocycles. The van der Waals surface area contributed by atoms with E-state index in [4.69, 9.17) is 9.47 Å². The van der Waals surface area contributed by atoms with Crippen LogP contribution in [-0.4, -0.2) is 19.0 Å². The van der Waals surface area contributed by atoms with E-state index >= 15 is 0 Å². The fourth-order valence-corrected chi connectivity index (χ4v) is 9.98. The van der Waals surface area contributed by atoms with Gasteiger partial charge in [0, 0.05) is 12.8 Å². The molecule has 1 aliphatic heterocycles. The molecule has 3 unspecified atom stereocenters. The molecule has 0 radical (unpaired) electrons. The predicted octanol–water partition coefficient (Wildman–Crippen LogP) is 7.85. The summed E-state index contributed by atoms with van der Waals surface area (Å²) >= 11 is 0. The fraction of sp³-hybridized carbons (Fsp3) is 1.00. The number of hydrogen-bond acceptors (Lipinski definition) is 2. The second-order valence-corrected chi connectivity index (χ2v) is 13.5. The molecule has 5 aliphatic rings. The van der Waals surface area contributed by atoms with E-state index in [1.54, 1.807) is 0 Å². The van der Waals surface area contributed by atoms with Crippen LogP contribution in [-0.2, 0) is 9.47 Å². The van der Waals surface area contributed by atoms with Crippen molar-refractivity contribution < 1.29 is 9.47 Å². The van der Waals surface area contributed by atoms with Gasteiger partial charge in [0.2, 0.25) is 0 Å². The van der Waals surface area contributed by atoms with Gasteiger partial charge in [-0.3, -0.25) is 0 Å². The Balaban J connectivity index is 1.28. The van der Waals surface area contributed by atoms with Crippen molar-refractivity contribution in [1.29, 1.82) is 0 Å². The van der Waals surface area contributed by atoms with Crippen molar-refractivity contribution in [3.63, 3.8) is 0 Å². The van der Waals surface area contributed by atoms with Crippen LogP contribution < -0.4 is 0 Å². The normalized spacial score (nSPS) is 47.2. The molecule has 1 spiro atoms. The van der Waals surface area contributed by atoms with E-state index in [2.05, 4.69) is 34.6 Å². The third-order valence-corrected chi connectivity index (χ3v) is 11.7. The zero-order valence-corrected chi connectivity index (χ0v) is 21.3. The summed E-state index contributed by atoms with van der Waals surface area (Å²) in [6, 6.07) is 0. The second-order valence-electron chi connectivity index (χ2n) is 13.5. The summed E-state index contributed by atoms with van der Waals surface area (Å²) in [5, 5.41) is 0. The van der Waals surface area contributed by atoms with Gasteiger partial charge in [-0.2, -0.15) is 0 Å². The van der Waals surface area contributed by atoms with Crippen molar-refractivity contribution in [3.8, 4) is 0 Å². The highest BCUT2D eigenvalue weighted by atomic mass is 16.7. The van der Waals surface area contributed by atoms with E-state index in [-0.39, 0.29) is 5.79 Å². The van der Waals surface area contributed by atoms with Crippen LogP contribution in [0, 0.1) is 52.3 Å². The lowest BCUT2D eigenvalue weighted by atomic mass is 9.44. The van der Waals surface area contributed by atoms with Gasteiger partial charge in [0.05, 0.1) is 13.2 Å². The predicted molar refractivity (Wildman–Crippen MR) is 128 cm³/mol. The topological polar surface area (TPSA) is 18.5 Å². The minimum absolute atomic E-state index is 0.204. The Hall–Kier alpha value is -0.0800. The standard InChI is InChI=1S/C29H50O2/c1-20(2)7-6-8-21(3)24-11-12-25-23-10-9-22-19-29(30-17-18-31-29)16-15-27(22,4)26(23)13-14-28(24,25)5/h20-26H,6-19H2,1-5H3/t21-,22-,23?,24+,25?,26?,27+,28-/m1/s1. The molecule has 0 aromatic rings. The Morgan fingerprint density at radius 3 is 2.26 bits per heavy atom. The summed E-state index contributed by atoms with van der Waals surface area (Å²) in [6.07, 6.45) is 16.9. The quantitative estimate of drug-likeness (QED) is 0.442. The van der Waals surface area contributed by atoms with E-state index in [9.17, 15) is 0 Å². The minimum atomic E-state index is -0.204. The van der Waals surface area contributed by atoms with Crippen molar-refractivity contribution in [2.45, 2.75) is 117 Å². The maximum absolute atomic E-state index is 6.16. The van der Waals surface area contributed by atoms with Crippen molar-refractivity contribution in [2.75, 3.05) is 13.2 Å². The summed E-state index contributed by atoms with van der Waals surface area (Å²) < 4.78 is 12.3. The molecule has 0 N–H and O–H groups in total. The summed E-state index contributed by atoms with van der Waals surface area (Å²) in [6.45, 7) is 14.4. The van der Waals surface area contributed by atoms with Crippen LogP contribution >= 0.6 is 0 Å². The van der Waals surface area contributed by atoms with E-state index in [0.717, 1.165) is 61.1 Å². The Morgan fingerprint density at radius 2 is 1.52 bits per heavy atom. The molecule has 178 valence electrons. The van der Waals surface area contributed by atoms with Crippen molar-refractivity contribution in [1.82, 2.24) is 0 Å². The van der Waals surface area contributed by atoms with Gasteiger partial charge in [-0.05, 0) is 97.2 Å². The molecule has 2 nitrogen and oxygen atoms in total. The van der Waals surface area contributed by atoms with E-state index in [1.807, 2.05) is 0 Å². The van der Waals surface area contributed by atoms with Crippen LogP contribution in [0.25, 0.3) is 0 Å². The summed E-state index contributed by atoms with van der Waals surface area (Å²) in [5.74, 6) is 6.32. The molecule has 0 aromatic heterocycles.